The lowest BCUT2D eigenvalue weighted by atomic mass is 9.98. The topological polar surface area (TPSA) is 58.2 Å². The van der Waals surface area contributed by atoms with Gasteiger partial charge in [-0.2, -0.15) is 0 Å². The van der Waals surface area contributed by atoms with E-state index in [4.69, 9.17) is 0 Å². The highest BCUT2D eigenvalue weighted by Gasteiger charge is 2.24. The van der Waals surface area contributed by atoms with Gasteiger partial charge >= 0.3 is 0 Å². The van der Waals surface area contributed by atoms with Crippen LogP contribution in [0.3, 0.4) is 0 Å². The van der Waals surface area contributed by atoms with E-state index < -0.39 is 5.82 Å². The fourth-order valence-corrected chi connectivity index (χ4v) is 1.91. The molecule has 1 aliphatic rings. The van der Waals surface area contributed by atoms with Crippen LogP contribution in [-0.2, 0) is 9.59 Å². The zero-order valence-electron chi connectivity index (χ0n) is 10.1. The van der Waals surface area contributed by atoms with Gasteiger partial charge in [-0.25, -0.2) is 4.39 Å². The molecule has 4 nitrogen and oxygen atoms in total. The number of halogens is 1. The number of nitrogens with one attached hydrogen (secondary N) is 2. The van der Waals surface area contributed by atoms with Crippen LogP contribution in [0.5, 0.6) is 0 Å². The van der Waals surface area contributed by atoms with Crippen LogP contribution in [0, 0.1) is 18.7 Å². The van der Waals surface area contributed by atoms with Crippen molar-refractivity contribution in [1.29, 1.82) is 0 Å². The summed E-state index contributed by atoms with van der Waals surface area (Å²) in [5, 5.41) is 5.19. The highest BCUT2D eigenvalue weighted by molar-refractivity contribution is 5.94. The first-order chi connectivity index (χ1) is 8.56. The molecule has 5 heteroatoms. The van der Waals surface area contributed by atoms with Crippen molar-refractivity contribution in [2.75, 3.05) is 11.9 Å². The van der Waals surface area contributed by atoms with Crippen LogP contribution < -0.4 is 10.6 Å². The molecule has 1 aliphatic heterocycles. The van der Waals surface area contributed by atoms with Crippen LogP contribution in [-0.4, -0.2) is 18.4 Å². The van der Waals surface area contributed by atoms with Crippen molar-refractivity contribution >= 4 is 17.5 Å². The lowest BCUT2D eigenvalue weighted by molar-refractivity contribution is -0.126. The molecule has 0 aliphatic carbocycles. The van der Waals surface area contributed by atoms with Gasteiger partial charge in [-0.15, -0.1) is 0 Å². The Hall–Kier alpha value is -1.91. The maximum absolute atomic E-state index is 13.6. The summed E-state index contributed by atoms with van der Waals surface area (Å²) < 4.78 is 13.6. The highest BCUT2D eigenvalue weighted by Crippen LogP contribution is 2.18. The number of carbonyl (C=O) groups excluding carboxylic acids is 2. The summed E-state index contributed by atoms with van der Waals surface area (Å²) >= 11 is 0. The predicted octanol–water partition coefficient (Wildman–Crippen LogP) is 1.60. The van der Waals surface area contributed by atoms with Crippen molar-refractivity contribution in [3.63, 3.8) is 0 Å². The molecule has 0 bridgehead atoms. The van der Waals surface area contributed by atoms with Crippen LogP contribution in [0.4, 0.5) is 10.1 Å². The average Bonchev–Trinajstić information content (AvgIpc) is 2.33. The van der Waals surface area contributed by atoms with E-state index in [1.807, 2.05) is 0 Å². The average molecular weight is 250 g/mol. The maximum Gasteiger partial charge on any atom is 0.229 e. The van der Waals surface area contributed by atoms with Crippen molar-refractivity contribution in [1.82, 2.24) is 5.32 Å². The number of aryl methyl sites for hydroxylation is 1. The number of piperidine rings is 1. The molecule has 1 unspecified atom stereocenters. The summed E-state index contributed by atoms with van der Waals surface area (Å²) in [4.78, 5) is 22.9. The van der Waals surface area contributed by atoms with E-state index in [2.05, 4.69) is 10.6 Å². The molecule has 1 atom stereocenters. The highest BCUT2D eigenvalue weighted by atomic mass is 19.1. The van der Waals surface area contributed by atoms with Gasteiger partial charge in [-0.3, -0.25) is 9.59 Å². The fourth-order valence-electron chi connectivity index (χ4n) is 1.91. The Kier molecular flexibility index (Phi) is 3.60. The van der Waals surface area contributed by atoms with Crippen molar-refractivity contribution in [3.05, 3.63) is 29.6 Å². The van der Waals surface area contributed by atoms with E-state index in [0.717, 1.165) is 5.56 Å². The summed E-state index contributed by atoms with van der Waals surface area (Å²) in [5.74, 6) is -1.02. The first kappa shape index (κ1) is 12.5. The van der Waals surface area contributed by atoms with Gasteiger partial charge in [0.1, 0.15) is 5.82 Å². The normalized spacial score (nSPS) is 19.2. The largest absolute Gasteiger partial charge is 0.355 e. The van der Waals surface area contributed by atoms with Crippen LogP contribution in [0.15, 0.2) is 18.2 Å². The molecule has 2 N–H and O–H groups in total. The van der Waals surface area contributed by atoms with Crippen LogP contribution in [0.25, 0.3) is 0 Å². The number of carbonyl (C=O) groups is 2. The van der Waals surface area contributed by atoms with E-state index in [0.29, 0.717) is 19.4 Å². The molecule has 1 saturated heterocycles. The minimum Gasteiger partial charge on any atom is -0.355 e. The monoisotopic (exact) mass is 250 g/mol. The van der Waals surface area contributed by atoms with Crippen LogP contribution in [0.1, 0.15) is 18.4 Å². The van der Waals surface area contributed by atoms with Gasteiger partial charge in [-0.05, 0) is 31.0 Å². The lowest BCUT2D eigenvalue weighted by Crippen LogP contribution is -2.40. The van der Waals surface area contributed by atoms with Gasteiger partial charge in [0.25, 0.3) is 0 Å². The van der Waals surface area contributed by atoms with Crippen molar-refractivity contribution in [3.8, 4) is 0 Å². The van der Waals surface area contributed by atoms with Gasteiger partial charge in [0.15, 0.2) is 0 Å². The molecule has 96 valence electrons. The van der Waals surface area contributed by atoms with E-state index >= 15 is 0 Å². The van der Waals surface area contributed by atoms with E-state index in [1.165, 1.54) is 6.07 Å². The third-order valence-corrected chi connectivity index (χ3v) is 3.02. The molecule has 0 radical (unpaired) electrons. The number of benzene rings is 1. The molecule has 1 fully saturated rings. The van der Waals surface area contributed by atoms with E-state index in [1.54, 1.807) is 19.1 Å². The molecule has 2 rings (SSSR count). The minimum atomic E-state index is -0.441. The van der Waals surface area contributed by atoms with Crippen molar-refractivity contribution in [2.24, 2.45) is 5.92 Å². The summed E-state index contributed by atoms with van der Waals surface area (Å²) in [7, 11) is 0. The Balaban J connectivity index is 2.00. The van der Waals surface area contributed by atoms with Crippen molar-refractivity contribution < 1.29 is 14.0 Å². The zero-order chi connectivity index (χ0) is 13.1. The van der Waals surface area contributed by atoms with Crippen LogP contribution >= 0.6 is 0 Å². The first-order valence-electron chi connectivity index (χ1n) is 5.90. The van der Waals surface area contributed by atoms with E-state index in [-0.39, 0.29) is 23.4 Å². The number of hydrogen-bond acceptors (Lipinski definition) is 2. The molecule has 1 aromatic carbocycles. The SMILES string of the molecule is Cc1ccc(NC(=O)C2CCC(=O)NC2)c(F)c1. The summed E-state index contributed by atoms with van der Waals surface area (Å²) in [6.07, 6.45) is 0.847. The fraction of sp³-hybridized carbons (Fsp3) is 0.385. The first-order valence-corrected chi connectivity index (χ1v) is 5.90. The Morgan fingerprint density at radius 3 is 2.89 bits per heavy atom. The third-order valence-electron chi connectivity index (χ3n) is 3.02. The predicted molar refractivity (Wildman–Crippen MR) is 65.5 cm³/mol. The summed E-state index contributed by atoms with van der Waals surface area (Å²) in [6, 6.07) is 4.66. The van der Waals surface area contributed by atoms with Gasteiger partial charge in [0.05, 0.1) is 11.6 Å². The van der Waals surface area contributed by atoms with Crippen LogP contribution in [0.2, 0.25) is 0 Å². The molecule has 0 aromatic heterocycles. The Morgan fingerprint density at radius 1 is 1.50 bits per heavy atom. The number of rotatable bonds is 2. The smallest absolute Gasteiger partial charge is 0.229 e. The molecule has 1 aromatic rings. The molecule has 0 saturated carbocycles. The lowest BCUT2D eigenvalue weighted by Gasteiger charge is -2.21. The van der Waals surface area contributed by atoms with Gasteiger partial charge in [0, 0.05) is 13.0 Å². The molecule has 18 heavy (non-hydrogen) atoms. The summed E-state index contributed by atoms with van der Waals surface area (Å²) in [6.45, 7) is 2.10. The van der Waals surface area contributed by atoms with Crippen molar-refractivity contribution in [2.45, 2.75) is 19.8 Å². The zero-order valence-corrected chi connectivity index (χ0v) is 10.1. The number of hydrogen-bond donors (Lipinski definition) is 2. The quantitative estimate of drug-likeness (QED) is 0.837. The van der Waals surface area contributed by atoms with E-state index in [9.17, 15) is 14.0 Å². The maximum atomic E-state index is 13.6. The second-order valence-corrected chi connectivity index (χ2v) is 4.51. The molecule has 0 spiro atoms. The minimum absolute atomic E-state index is 0.0411. The Labute approximate surface area is 105 Å². The second-order valence-electron chi connectivity index (χ2n) is 4.51. The van der Waals surface area contributed by atoms with Gasteiger partial charge < -0.3 is 10.6 Å². The Bertz CT molecular complexity index is 478. The summed E-state index contributed by atoms with van der Waals surface area (Å²) in [5.41, 5.74) is 0.984. The standard InChI is InChI=1S/C13H15FN2O2/c1-8-2-4-11(10(14)6-8)16-13(18)9-3-5-12(17)15-7-9/h2,4,6,9H,3,5,7H2,1H3,(H,15,17)(H,16,18). The molecule has 2 amide bonds. The number of amides is 2. The molecular formula is C13H15FN2O2. The van der Waals surface area contributed by atoms with Gasteiger partial charge in [-0.1, -0.05) is 6.07 Å². The Morgan fingerprint density at radius 2 is 2.28 bits per heavy atom. The third kappa shape index (κ3) is 2.85. The number of anilines is 1. The van der Waals surface area contributed by atoms with Gasteiger partial charge in [0.2, 0.25) is 11.8 Å². The molecular weight excluding hydrogens is 235 g/mol. The molecule has 1 heterocycles. The second kappa shape index (κ2) is 5.16.